The number of rotatable bonds is 4. The first-order chi connectivity index (χ1) is 12.6. The highest BCUT2D eigenvalue weighted by Crippen LogP contribution is 2.35. The number of sulfonamides is 1. The number of nitrogens with zero attached hydrogens (tertiary/aromatic N) is 1. The quantitative estimate of drug-likeness (QED) is 0.597. The fourth-order valence-corrected chi connectivity index (χ4v) is 4.40. The average molecular weight is 409 g/mol. The van der Waals surface area contributed by atoms with Crippen LogP contribution in [0.3, 0.4) is 0 Å². The molecule has 1 aliphatic heterocycles. The summed E-state index contributed by atoms with van der Waals surface area (Å²) in [6.07, 6.45) is -4.78. The predicted octanol–water partition coefficient (Wildman–Crippen LogP) is -0.950. The topological polar surface area (TPSA) is 100 Å². The Morgan fingerprint density at radius 2 is 1.78 bits per heavy atom. The Bertz CT molecular complexity index is 806. The highest BCUT2D eigenvalue weighted by molar-refractivity contribution is 7.89. The van der Waals surface area contributed by atoms with Gasteiger partial charge in [-0.1, -0.05) is 12.1 Å². The summed E-state index contributed by atoms with van der Waals surface area (Å²) in [6.45, 7) is 0.359. The molecule has 1 aliphatic rings. The lowest BCUT2D eigenvalue weighted by Crippen LogP contribution is -3.15. The van der Waals surface area contributed by atoms with E-state index < -0.39 is 38.6 Å². The minimum Gasteiger partial charge on any atom is -0.341 e. The minimum absolute atomic E-state index is 0.0306. The monoisotopic (exact) mass is 409 g/mol. The molecule has 3 amide bonds. The normalized spacial score (nSPS) is 16.7. The maximum atomic E-state index is 13.1. The first kappa shape index (κ1) is 21.1. The van der Waals surface area contributed by atoms with Gasteiger partial charge in [-0.05, 0) is 12.1 Å². The smallest absolute Gasteiger partial charge is 0.341 e. The molecule has 1 heterocycles. The van der Waals surface area contributed by atoms with Gasteiger partial charge in [-0.15, -0.1) is 0 Å². The van der Waals surface area contributed by atoms with Crippen molar-refractivity contribution in [3.63, 3.8) is 0 Å². The first-order valence-corrected chi connectivity index (χ1v) is 9.51. The van der Waals surface area contributed by atoms with E-state index in [2.05, 4.69) is 10.6 Å². The number of hydrogen-bond donors (Lipinski definition) is 3. The van der Waals surface area contributed by atoms with E-state index in [-0.39, 0.29) is 32.7 Å². The van der Waals surface area contributed by atoms with E-state index in [0.29, 0.717) is 0 Å². The third-order valence-corrected chi connectivity index (χ3v) is 6.09. The molecule has 1 fully saturated rings. The molecule has 27 heavy (non-hydrogen) atoms. The maximum absolute atomic E-state index is 13.1. The van der Waals surface area contributed by atoms with Gasteiger partial charge in [0, 0.05) is 7.05 Å². The number of nitrogens with one attached hydrogen (secondary N) is 3. The van der Waals surface area contributed by atoms with Crippen molar-refractivity contribution in [3.05, 3.63) is 29.8 Å². The molecule has 0 aromatic heterocycles. The van der Waals surface area contributed by atoms with E-state index in [0.717, 1.165) is 27.4 Å². The molecule has 0 unspecified atom stereocenters. The SMILES string of the molecule is CNC(=O)NC(=O)C[NH+]1CCN(S(=O)(=O)c2ccccc2C(F)(F)F)CC1. The van der Waals surface area contributed by atoms with E-state index in [4.69, 9.17) is 0 Å². The molecule has 0 atom stereocenters. The van der Waals surface area contributed by atoms with E-state index in [9.17, 15) is 31.2 Å². The molecule has 0 aliphatic carbocycles. The average Bonchev–Trinajstić information content (AvgIpc) is 2.61. The number of benzene rings is 1. The molecule has 2 rings (SSSR count). The van der Waals surface area contributed by atoms with Crippen LogP contribution in [0.25, 0.3) is 0 Å². The maximum Gasteiger partial charge on any atom is 0.417 e. The van der Waals surface area contributed by atoms with Crippen LogP contribution in [0.4, 0.5) is 18.0 Å². The van der Waals surface area contributed by atoms with Crippen LogP contribution >= 0.6 is 0 Å². The summed E-state index contributed by atoms with van der Waals surface area (Å²) < 4.78 is 65.7. The third kappa shape index (κ3) is 5.17. The first-order valence-electron chi connectivity index (χ1n) is 8.07. The number of hydrogen-bond acceptors (Lipinski definition) is 4. The Morgan fingerprint density at radius 3 is 2.33 bits per heavy atom. The van der Waals surface area contributed by atoms with Gasteiger partial charge in [0.05, 0.1) is 36.6 Å². The Kier molecular flexibility index (Phi) is 6.44. The van der Waals surface area contributed by atoms with Crippen LogP contribution in [0.5, 0.6) is 0 Å². The standard InChI is InChI=1S/C15H19F3N4O4S/c1-19-14(24)20-13(23)10-21-6-8-22(9-7-21)27(25,26)12-5-3-2-4-11(12)15(16,17)18/h2-5H,6-10H2,1H3,(H2,19,20,23,24)/p+1. The largest absolute Gasteiger partial charge is 0.417 e. The van der Waals surface area contributed by atoms with Crippen molar-refractivity contribution in [2.45, 2.75) is 11.1 Å². The summed E-state index contributed by atoms with van der Waals surface area (Å²) >= 11 is 0. The Labute approximate surface area is 154 Å². The summed E-state index contributed by atoms with van der Waals surface area (Å²) in [7, 11) is -2.96. The fraction of sp³-hybridized carbons (Fsp3) is 0.467. The van der Waals surface area contributed by atoms with Crippen molar-refractivity contribution < 1.29 is 36.1 Å². The number of piperazine rings is 1. The lowest BCUT2D eigenvalue weighted by molar-refractivity contribution is -0.895. The zero-order chi connectivity index (χ0) is 20.2. The Balaban J connectivity index is 2.06. The molecule has 8 nitrogen and oxygen atoms in total. The second-order valence-corrected chi connectivity index (χ2v) is 7.86. The van der Waals surface area contributed by atoms with Crippen molar-refractivity contribution >= 4 is 22.0 Å². The van der Waals surface area contributed by atoms with Crippen molar-refractivity contribution in [3.8, 4) is 0 Å². The van der Waals surface area contributed by atoms with E-state index in [1.54, 1.807) is 0 Å². The van der Waals surface area contributed by atoms with Gasteiger partial charge in [0.25, 0.3) is 5.91 Å². The number of carbonyl (C=O) groups excluding carboxylic acids is 2. The van der Waals surface area contributed by atoms with E-state index in [1.807, 2.05) is 0 Å². The van der Waals surface area contributed by atoms with Crippen molar-refractivity contribution in [1.29, 1.82) is 0 Å². The van der Waals surface area contributed by atoms with Crippen LogP contribution in [-0.4, -0.2) is 64.4 Å². The molecular weight excluding hydrogens is 389 g/mol. The van der Waals surface area contributed by atoms with Crippen LogP contribution in [0, 0.1) is 0 Å². The molecule has 0 spiro atoms. The van der Waals surface area contributed by atoms with Gasteiger partial charge in [-0.3, -0.25) is 10.1 Å². The number of halogens is 3. The van der Waals surface area contributed by atoms with Crippen LogP contribution in [0.1, 0.15) is 5.56 Å². The second kappa shape index (κ2) is 8.23. The zero-order valence-corrected chi connectivity index (χ0v) is 15.3. The molecule has 12 heteroatoms. The number of amides is 3. The lowest BCUT2D eigenvalue weighted by Gasteiger charge is -2.31. The molecule has 1 saturated heterocycles. The summed E-state index contributed by atoms with van der Waals surface area (Å²) in [6, 6.07) is 3.40. The minimum atomic E-state index is -4.78. The van der Waals surface area contributed by atoms with Crippen LogP contribution in [0.15, 0.2) is 29.2 Å². The van der Waals surface area contributed by atoms with Gasteiger partial charge in [0.2, 0.25) is 10.0 Å². The summed E-state index contributed by atoms with van der Waals surface area (Å²) in [5.74, 6) is -0.525. The van der Waals surface area contributed by atoms with Gasteiger partial charge in [-0.25, -0.2) is 13.2 Å². The van der Waals surface area contributed by atoms with Crippen molar-refractivity contribution in [2.24, 2.45) is 0 Å². The van der Waals surface area contributed by atoms with Gasteiger partial charge in [-0.2, -0.15) is 17.5 Å². The number of imide groups is 1. The van der Waals surface area contributed by atoms with E-state index >= 15 is 0 Å². The lowest BCUT2D eigenvalue weighted by atomic mass is 10.2. The number of urea groups is 1. The molecule has 0 saturated carbocycles. The fourth-order valence-electron chi connectivity index (χ4n) is 2.74. The molecule has 0 radical (unpaired) electrons. The molecular formula is C15H20F3N4O4S+. The number of quaternary nitrogens is 1. The van der Waals surface area contributed by atoms with Gasteiger partial charge in [0.15, 0.2) is 6.54 Å². The van der Waals surface area contributed by atoms with Crippen molar-refractivity contribution in [2.75, 3.05) is 39.8 Å². The summed E-state index contributed by atoms with van der Waals surface area (Å²) in [5.41, 5.74) is -1.20. The molecule has 0 bridgehead atoms. The van der Waals surface area contributed by atoms with Gasteiger partial charge < -0.3 is 10.2 Å². The summed E-state index contributed by atoms with van der Waals surface area (Å²) in [5, 5.41) is 4.34. The molecule has 3 N–H and O–H groups in total. The zero-order valence-electron chi connectivity index (χ0n) is 14.5. The predicted molar refractivity (Wildman–Crippen MR) is 88.4 cm³/mol. The van der Waals surface area contributed by atoms with E-state index in [1.165, 1.54) is 13.1 Å². The molecule has 1 aromatic rings. The number of alkyl halides is 3. The Hall–Kier alpha value is -2.18. The van der Waals surface area contributed by atoms with Crippen LogP contribution in [0.2, 0.25) is 0 Å². The van der Waals surface area contributed by atoms with Gasteiger partial charge >= 0.3 is 12.2 Å². The van der Waals surface area contributed by atoms with Crippen LogP contribution in [-0.2, 0) is 21.0 Å². The van der Waals surface area contributed by atoms with Crippen molar-refractivity contribution in [1.82, 2.24) is 14.9 Å². The highest BCUT2D eigenvalue weighted by atomic mass is 32.2. The Morgan fingerprint density at radius 1 is 1.19 bits per heavy atom. The molecule has 1 aromatic carbocycles. The highest BCUT2D eigenvalue weighted by Gasteiger charge is 2.40. The molecule has 150 valence electrons. The summed E-state index contributed by atoms with van der Waals surface area (Å²) in [4.78, 5) is 22.7. The van der Waals surface area contributed by atoms with Crippen LogP contribution < -0.4 is 15.5 Å². The number of carbonyl (C=O) groups is 2. The third-order valence-electron chi connectivity index (χ3n) is 4.13. The van der Waals surface area contributed by atoms with Gasteiger partial charge in [0.1, 0.15) is 0 Å². The second-order valence-electron chi connectivity index (χ2n) is 5.95.